The van der Waals surface area contributed by atoms with Gasteiger partial charge in [0, 0.05) is 13.1 Å². The number of aromatic hydroxyl groups is 1. The fourth-order valence-electron chi connectivity index (χ4n) is 4.07. The SMILES string of the molecule is COc1cc2c(cc1OC)C(c1c(O)n(CCc3ccccc3)c(=O)[nH]c1=O)NCC2. The minimum atomic E-state index is -0.634. The molecule has 0 spiro atoms. The van der Waals surface area contributed by atoms with Crippen molar-refractivity contribution in [2.75, 3.05) is 20.8 Å². The molecule has 0 aliphatic carbocycles. The highest BCUT2D eigenvalue weighted by atomic mass is 16.5. The first kappa shape index (κ1) is 20.7. The average Bonchev–Trinajstić information content (AvgIpc) is 2.78. The maximum Gasteiger partial charge on any atom is 0.331 e. The highest BCUT2D eigenvalue weighted by Gasteiger charge is 2.30. The summed E-state index contributed by atoms with van der Waals surface area (Å²) in [5, 5.41) is 14.3. The van der Waals surface area contributed by atoms with Crippen molar-refractivity contribution in [3.8, 4) is 17.4 Å². The fourth-order valence-corrected chi connectivity index (χ4v) is 4.07. The van der Waals surface area contributed by atoms with E-state index < -0.39 is 17.3 Å². The van der Waals surface area contributed by atoms with Crippen molar-refractivity contribution in [3.63, 3.8) is 0 Å². The van der Waals surface area contributed by atoms with Gasteiger partial charge in [-0.05, 0) is 41.7 Å². The van der Waals surface area contributed by atoms with Gasteiger partial charge < -0.3 is 19.9 Å². The Kier molecular flexibility index (Phi) is 5.81. The second-order valence-corrected chi connectivity index (χ2v) is 7.43. The van der Waals surface area contributed by atoms with Crippen molar-refractivity contribution >= 4 is 0 Å². The van der Waals surface area contributed by atoms with Crippen LogP contribution in [0.25, 0.3) is 0 Å². The summed E-state index contributed by atoms with van der Waals surface area (Å²) in [7, 11) is 3.12. The molecule has 0 bridgehead atoms. The number of ether oxygens (including phenoxy) is 2. The molecule has 1 atom stereocenters. The van der Waals surface area contributed by atoms with Crippen LogP contribution in [0.15, 0.2) is 52.1 Å². The summed E-state index contributed by atoms with van der Waals surface area (Å²) in [5.41, 5.74) is 1.68. The zero-order valence-corrected chi connectivity index (χ0v) is 17.5. The molecule has 8 heteroatoms. The van der Waals surface area contributed by atoms with Gasteiger partial charge in [0.25, 0.3) is 5.56 Å². The number of aromatic amines is 1. The van der Waals surface area contributed by atoms with Crippen molar-refractivity contribution in [1.82, 2.24) is 14.9 Å². The van der Waals surface area contributed by atoms with Crippen LogP contribution in [0.4, 0.5) is 0 Å². The summed E-state index contributed by atoms with van der Waals surface area (Å²) >= 11 is 0. The zero-order valence-electron chi connectivity index (χ0n) is 17.5. The quantitative estimate of drug-likeness (QED) is 0.558. The normalized spacial score (nSPS) is 15.4. The lowest BCUT2D eigenvalue weighted by Gasteiger charge is -2.28. The Morgan fingerprint density at radius 3 is 2.52 bits per heavy atom. The van der Waals surface area contributed by atoms with E-state index in [-0.39, 0.29) is 18.0 Å². The summed E-state index contributed by atoms with van der Waals surface area (Å²) in [6.45, 7) is 0.846. The average molecular weight is 423 g/mol. The molecule has 1 aliphatic heterocycles. The van der Waals surface area contributed by atoms with Gasteiger partial charge in [-0.1, -0.05) is 30.3 Å². The van der Waals surface area contributed by atoms with Crippen molar-refractivity contribution < 1.29 is 14.6 Å². The zero-order chi connectivity index (χ0) is 22.0. The van der Waals surface area contributed by atoms with Gasteiger partial charge in [0.05, 0.1) is 25.8 Å². The monoisotopic (exact) mass is 423 g/mol. The number of fused-ring (bicyclic) bond motifs is 1. The predicted molar refractivity (Wildman–Crippen MR) is 116 cm³/mol. The van der Waals surface area contributed by atoms with Gasteiger partial charge in [-0.15, -0.1) is 0 Å². The second-order valence-electron chi connectivity index (χ2n) is 7.43. The van der Waals surface area contributed by atoms with E-state index in [9.17, 15) is 14.7 Å². The molecule has 162 valence electrons. The molecule has 0 radical (unpaired) electrons. The van der Waals surface area contributed by atoms with E-state index in [1.54, 1.807) is 14.2 Å². The summed E-state index contributed by atoms with van der Waals surface area (Å²) in [4.78, 5) is 27.5. The number of rotatable bonds is 6. The van der Waals surface area contributed by atoms with Crippen LogP contribution in [0.1, 0.15) is 28.3 Å². The molecule has 2 aromatic carbocycles. The Labute approximate surface area is 179 Å². The maximum absolute atomic E-state index is 12.7. The molecule has 0 amide bonds. The van der Waals surface area contributed by atoms with Gasteiger partial charge in [-0.3, -0.25) is 14.3 Å². The lowest BCUT2D eigenvalue weighted by molar-refractivity contribution is 0.352. The molecule has 31 heavy (non-hydrogen) atoms. The minimum absolute atomic E-state index is 0.112. The Bertz CT molecular complexity index is 1200. The molecule has 4 rings (SSSR count). The molecule has 0 saturated carbocycles. The standard InChI is InChI=1S/C23H25N3O5/c1-30-17-12-15-8-10-24-20(16(15)13-18(17)31-2)19-21(27)25-23(29)26(22(19)28)11-9-14-6-4-3-5-7-14/h3-7,12-13,20,24,28H,8-11H2,1-2H3,(H,25,27,29). The van der Waals surface area contributed by atoms with Gasteiger partial charge in [-0.2, -0.15) is 0 Å². The number of methoxy groups -OCH3 is 2. The molecule has 1 aromatic heterocycles. The first-order chi connectivity index (χ1) is 15.0. The summed E-state index contributed by atoms with van der Waals surface area (Å²) in [6, 6.07) is 12.8. The third-order valence-corrected chi connectivity index (χ3v) is 5.66. The molecule has 1 unspecified atom stereocenters. The topological polar surface area (TPSA) is 106 Å². The summed E-state index contributed by atoms with van der Waals surface area (Å²) < 4.78 is 12.0. The smallest absolute Gasteiger partial charge is 0.331 e. The number of aryl methyl sites for hydroxylation is 1. The van der Waals surface area contributed by atoms with Crippen molar-refractivity contribution in [2.24, 2.45) is 0 Å². The highest BCUT2D eigenvalue weighted by molar-refractivity contribution is 5.52. The van der Waals surface area contributed by atoms with Gasteiger partial charge in [0.1, 0.15) is 0 Å². The Morgan fingerprint density at radius 2 is 1.81 bits per heavy atom. The second kappa shape index (κ2) is 8.69. The largest absolute Gasteiger partial charge is 0.494 e. The number of benzene rings is 2. The third-order valence-electron chi connectivity index (χ3n) is 5.66. The van der Waals surface area contributed by atoms with Crippen molar-refractivity contribution in [2.45, 2.75) is 25.4 Å². The van der Waals surface area contributed by atoms with Crippen LogP contribution in [-0.2, 0) is 19.4 Å². The van der Waals surface area contributed by atoms with Crippen molar-refractivity contribution in [3.05, 3.63) is 85.6 Å². The lowest BCUT2D eigenvalue weighted by atomic mass is 9.90. The van der Waals surface area contributed by atoms with E-state index in [0.717, 1.165) is 23.1 Å². The molecular weight excluding hydrogens is 398 g/mol. The Hall–Kier alpha value is -3.52. The number of H-pyrrole nitrogens is 1. The number of hydrogen-bond donors (Lipinski definition) is 3. The molecule has 3 aromatic rings. The number of hydrogen-bond acceptors (Lipinski definition) is 6. The van der Waals surface area contributed by atoms with E-state index >= 15 is 0 Å². The molecule has 0 saturated heterocycles. The number of aromatic nitrogens is 2. The number of nitrogens with zero attached hydrogens (tertiary/aromatic N) is 1. The Balaban J connectivity index is 1.77. The molecule has 1 aliphatic rings. The molecular formula is C23H25N3O5. The van der Waals surface area contributed by atoms with E-state index in [0.29, 0.717) is 24.5 Å². The fraction of sp³-hybridized carbons (Fsp3) is 0.304. The predicted octanol–water partition coefficient (Wildman–Crippen LogP) is 1.74. The third kappa shape index (κ3) is 3.94. The van der Waals surface area contributed by atoms with E-state index in [2.05, 4.69) is 10.3 Å². The molecule has 8 nitrogen and oxygen atoms in total. The summed E-state index contributed by atoms with van der Waals surface area (Å²) in [5.74, 6) is 0.806. The van der Waals surface area contributed by atoms with Gasteiger partial charge in [-0.25, -0.2) is 4.79 Å². The number of nitrogens with one attached hydrogen (secondary N) is 2. The van der Waals surface area contributed by atoms with Gasteiger partial charge in [0.2, 0.25) is 5.88 Å². The van der Waals surface area contributed by atoms with Crippen molar-refractivity contribution in [1.29, 1.82) is 0 Å². The highest BCUT2D eigenvalue weighted by Crippen LogP contribution is 2.38. The van der Waals surface area contributed by atoms with Crippen LogP contribution in [0, 0.1) is 0 Å². The van der Waals surface area contributed by atoms with E-state index in [1.165, 1.54) is 4.57 Å². The van der Waals surface area contributed by atoms with Crippen LogP contribution < -0.4 is 26.0 Å². The minimum Gasteiger partial charge on any atom is -0.494 e. The van der Waals surface area contributed by atoms with Crippen LogP contribution >= 0.6 is 0 Å². The molecule has 3 N–H and O–H groups in total. The maximum atomic E-state index is 12.7. The van der Waals surface area contributed by atoms with E-state index in [1.807, 2.05) is 42.5 Å². The lowest BCUT2D eigenvalue weighted by Crippen LogP contribution is -2.39. The van der Waals surface area contributed by atoms with Gasteiger partial charge in [0.15, 0.2) is 11.5 Å². The molecule has 2 heterocycles. The van der Waals surface area contributed by atoms with Gasteiger partial charge >= 0.3 is 5.69 Å². The summed E-state index contributed by atoms with van der Waals surface area (Å²) in [6.07, 6.45) is 1.28. The van der Waals surface area contributed by atoms with Crippen LogP contribution in [0.2, 0.25) is 0 Å². The first-order valence-electron chi connectivity index (χ1n) is 10.1. The molecule has 0 fully saturated rings. The first-order valence-corrected chi connectivity index (χ1v) is 10.1. The Morgan fingerprint density at radius 1 is 1.10 bits per heavy atom. The van der Waals surface area contributed by atoms with Crippen LogP contribution in [0.5, 0.6) is 17.4 Å². The van der Waals surface area contributed by atoms with E-state index in [4.69, 9.17) is 9.47 Å². The van der Waals surface area contributed by atoms with Crippen LogP contribution in [0.3, 0.4) is 0 Å². The van der Waals surface area contributed by atoms with Crippen LogP contribution in [-0.4, -0.2) is 35.4 Å².